The lowest BCUT2D eigenvalue weighted by molar-refractivity contribution is 0.102. The summed E-state index contributed by atoms with van der Waals surface area (Å²) in [5.41, 5.74) is 2.09. The summed E-state index contributed by atoms with van der Waals surface area (Å²) < 4.78 is 30.1. The first-order valence-corrected chi connectivity index (χ1v) is 9.63. The van der Waals surface area contributed by atoms with E-state index in [4.69, 9.17) is 4.18 Å². The van der Waals surface area contributed by atoms with Gasteiger partial charge in [-0.2, -0.15) is 8.42 Å². The normalized spacial score (nSPS) is 11.3. The Balaban J connectivity index is 2.44. The monoisotopic (exact) mass is 396 g/mol. The molecule has 0 N–H and O–H groups in total. The second-order valence-electron chi connectivity index (χ2n) is 5.09. The van der Waals surface area contributed by atoms with Crippen LogP contribution in [0.5, 0.6) is 5.75 Å². The molecule has 4 nitrogen and oxygen atoms in total. The maximum atomic E-state index is 12.4. The number of Topliss-reactive ketones (excluding diaryl/α,β-unsaturated/α-hetero) is 1. The predicted octanol–water partition coefficient (Wildman–Crippen LogP) is 3.90. The summed E-state index contributed by atoms with van der Waals surface area (Å²) in [5.74, 6) is -0.170. The van der Waals surface area contributed by atoms with Crippen LogP contribution in [-0.4, -0.2) is 19.5 Å². The van der Waals surface area contributed by atoms with Gasteiger partial charge < -0.3 is 4.18 Å². The highest BCUT2D eigenvalue weighted by Gasteiger charge is 2.21. The van der Waals surface area contributed by atoms with Crippen LogP contribution in [0, 0.1) is 6.92 Å². The average Bonchev–Trinajstić information content (AvgIpc) is 2.54. The predicted molar refractivity (Wildman–Crippen MR) is 92.9 cm³/mol. The number of ketones is 1. The number of aryl methyl sites for hydroxylation is 2. The van der Waals surface area contributed by atoms with E-state index in [0.29, 0.717) is 6.42 Å². The Labute approximate surface area is 144 Å². The number of carbonyl (C=O) groups excluding carboxylic acids is 1. The van der Waals surface area contributed by atoms with Crippen LogP contribution in [-0.2, 0) is 16.5 Å². The van der Waals surface area contributed by atoms with Gasteiger partial charge in [0, 0.05) is 0 Å². The van der Waals surface area contributed by atoms with Crippen LogP contribution >= 0.6 is 15.9 Å². The highest BCUT2D eigenvalue weighted by molar-refractivity contribution is 9.09. The van der Waals surface area contributed by atoms with Crippen LogP contribution < -0.4 is 4.18 Å². The number of carbonyl (C=O) groups is 1. The van der Waals surface area contributed by atoms with Gasteiger partial charge in [0.25, 0.3) is 0 Å². The number of alkyl halides is 1. The number of benzene rings is 2. The first-order chi connectivity index (χ1) is 10.9. The van der Waals surface area contributed by atoms with Crippen LogP contribution in [0.15, 0.2) is 47.4 Å². The topological polar surface area (TPSA) is 60.4 Å². The van der Waals surface area contributed by atoms with Crippen LogP contribution in [0.3, 0.4) is 0 Å². The van der Waals surface area contributed by atoms with Gasteiger partial charge >= 0.3 is 10.1 Å². The molecule has 6 heteroatoms. The molecule has 122 valence electrons. The highest BCUT2D eigenvalue weighted by atomic mass is 79.9. The smallest absolute Gasteiger partial charge is 0.339 e. The van der Waals surface area contributed by atoms with E-state index in [1.54, 1.807) is 30.3 Å². The number of hydrogen-bond acceptors (Lipinski definition) is 4. The summed E-state index contributed by atoms with van der Waals surface area (Å²) in [6.07, 6.45) is 0.712. The second-order valence-corrected chi connectivity index (χ2v) is 7.20. The maximum Gasteiger partial charge on any atom is 0.339 e. The Bertz CT molecular complexity index is 811. The molecule has 0 saturated heterocycles. The molecule has 2 rings (SSSR count). The lowest BCUT2D eigenvalue weighted by atomic mass is 10.1. The molecule has 0 spiro atoms. The van der Waals surface area contributed by atoms with E-state index in [0.717, 1.165) is 11.1 Å². The van der Waals surface area contributed by atoms with Crippen LogP contribution in [0.25, 0.3) is 0 Å². The van der Waals surface area contributed by atoms with E-state index in [1.165, 1.54) is 12.1 Å². The summed E-state index contributed by atoms with van der Waals surface area (Å²) in [4.78, 5) is 12.0. The lowest BCUT2D eigenvalue weighted by Crippen LogP contribution is -2.13. The molecule has 0 saturated carbocycles. The van der Waals surface area contributed by atoms with Gasteiger partial charge in [0.2, 0.25) is 0 Å². The summed E-state index contributed by atoms with van der Waals surface area (Å²) in [7, 11) is -3.99. The van der Waals surface area contributed by atoms with Crippen molar-refractivity contribution < 1.29 is 17.4 Å². The zero-order valence-electron chi connectivity index (χ0n) is 12.9. The number of rotatable bonds is 6. The first-order valence-electron chi connectivity index (χ1n) is 7.10. The van der Waals surface area contributed by atoms with Crippen molar-refractivity contribution in [3.05, 3.63) is 59.2 Å². The van der Waals surface area contributed by atoms with Gasteiger partial charge in [0.1, 0.15) is 4.90 Å². The van der Waals surface area contributed by atoms with Gasteiger partial charge in [-0.1, -0.05) is 46.6 Å². The minimum absolute atomic E-state index is 0.0576. The van der Waals surface area contributed by atoms with Gasteiger partial charge in [-0.05, 0) is 43.2 Å². The first kappa shape index (κ1) is 17.7. The van der Waals surface area contributed by atoms with E-state index in [2.05, 4.69) is 15.9 Å². The van der Waals surface area contributed by atoms with E-state index < -0.39 is 10.1 Å². The molecule has 2 aromatic carbocycles. The van der Waals surface area contributed by atoms with Gasteiger partial charge in [-0.15, -0.1) is 0 Å². The Morgan fingerprint density at radius 1 is 1.13 bits per heavy atom. The van der Waals surface area contributed by atoms with Crippen molar-refractivity contribution in [2.75, 3.05) is 5.33 Å². The van der Waals surface area contributed by atoms with E-state index >= 15 is 0 Å². The Hall–Kier alpha value is -1.66. The minimum Gasteiger partial charge on any atom is -0.378 e. The molecule has 0 aliphatic carbocycles. The zero-order chi connectivity index (χ0) is 17.0. The van der Waals surface area contributed by atoms with E-state index in [1.807, 2.05) is 13.8 Å². The minimum atomic E-state index is -3.99. The summed E-state index contributed by atoms with van der Waals surface area (Å²) in [5, 5.41) is 0.0966. The molecule has 0 amide bonds. The SMILES string of the molecule is CCc1ccc(C(=O)CBr)c(OS(=O)(=O)c2ccc(C)cc2)c1. The molecule has 23 heavy (non-hydrogen) atoms. The van der Waals surface area contributed by atoms with Gasteiger partial charge in [-0.3, -0.25) is 4.79 Å². The highest BCUT2D eigenvalue weighted by Crippen LogP contribution is 2.26. The molecular formula is C17H17BrO4S. The molecule has 0 bridgehead atoms. The Morgan fingerprint density at radius 3 is 2.35 bits per heavy atom. The molecule has 0 fully saturated rings. The number of halogens is 1. The van der Waals surface area contributed by atoms with Crippen molar-refractivity contribution in [2.24, 2.45) is 0 Å². The van der Waals surface area contributed by atoms with Crippen molar-refractivity contribution >= 4 is 31.8 Å². The third-order valence-electron chi connectivity index (χ3n) is 3.39. The van der Waals surface area contributed by atoms with Crippen LogP contribution in [0.1, 0.15) is 28.4 Å². The van der Waals surface area contributed by atoms with Crippen molar-refractivity contribution in [1.82, 2.24) is 0 Å². The standard InChI is InChI=1S/C17H17BrO4S/c1-3-13-6-9-15(16(19)11-18)17(10-13)22-23(20,21)14-7-4-12(2)5-8-14/h4-10H,3,11H2,1-2H3. The summed E-state index contributed by atoms with van der Waals surface area (Å²) in [6, 6.07) is 11.4. The second kappa shape index (κ2) is 7.27. The Morgan fingerprint density at radius 2 is 1.78 bits per heavy atom. The molecule has 0 aliphatic heterocycles. The molecular weight excluding hydrogens is 380 g/mol. The van der Waals surface area contributed by atoms with Crippen LogP contribution in [0.2, 0.25) is 0 Å². The third-order valence-corrected chi connectivity index (χ3v) is 5.14. The molecule has 0 unspecified atom stereocenters. The maximum absolute atomic E-state index is 12.4. The van der Waals surface area contributed by atoms with Crippen molar-refractivity contribution in [1.29, 1.82) is 0 Å². The average molecular weight is 397 g/mol. The van der Waals surface area contributed by atoms with Crippen molar-refractivity contribution in [3.63, 3.8) is 0 Å². The summed E-state index contributed by atoms with van der Waals surface area (Å²) in [6.45, 7) is 3.81. The zero-order valence-corrected chi connectivity index (χ0v) is 15.3. The molecule has 2 aromatic rings. The lowest BCUT2D eigenvalue weighted by Gasteiger charge is -2.12. The molecule has 0 aromatic heterocycles. The van der Waals surface area contributed by atoms with Crippen LogP contribution in [0.4, 0.5) is 0 Å². The largest absolute Gasteiger partial charge is 0.378 e. The molecule has 0 aliphatic rings. The molecule has 0 heterocycles. The van der Waals surface area contributed by atoms with Gasteiger partial charge in [0.05, 0.1) is 10.9 Å². The Kier molecular flexibility index (Phi) is 5.59. The van der Waals surface area contributed by atoms with Crippen molar-refractivity contribution in [3.8, 4) is 5.75 Å². The van der Waals surface area contributed by atoms with E-state index in [-0.39, 0.29) is 27.3 Å². The fraction of sp³-hybridized carbons (Fsp3) is 0.235. The fourth-order valence-electron chi connectivity index (χ4n) is 2.03. The van der Waals surface area contributed by atoms with Gasteiger partial charge in [-0.25, -0.2) is 0 Å². The fourth-order valence-corrected chi connectivity index (χ4v) is 3.27. The van der Waals surface area contributed by atoms with Crippen molar-refractivity contribution in [2.45, 2.75) is 25.2 Å². The molecule has 0 atom stereocenters. The molecule has 0 radical (unpaired) electrons. The third kappa shape index (κ3) is 4.20. The summed E-state index contributed by atoms with van der Waals surface area (Å²) >= 11 is 3.10. The number of hydrogen-bond donors (Lipinski definition) is 0. The van der Waals surface area contributed by atoms with E-state index in [9.17, 15) is 13.2 Å². The quantitative estimate of drug-likeness (QED) is 0.421. The van der Waals surface area contributed by atoms with Gasteiger partial charge in [0.15, 0.2) is 11.5 Å².